The Morgan fingerprint density at radius 2 is 1.97 bits per heavy atom. The molecule has 16 heteroatoms. The molecule has 0 saturated carbocycles. The van der Waals surface area contributed by atoms with Crippen LogP contribution in [-0.2, 0) is 32.2 Å². The van der Waals surface area contributed by atoms with Crippen molar-refractivity contribution in [2.45, 2.75) is 82.5 Å². The third-order valence-electron chi connectivity index (χ3n) is 6.26. The van der Waals surface area contributed by atoms with Gasteiger partial charge in [0.25, 0.3) is 5.56 Å². The molecule has 1 amide bonds. The number of aromatic nitrogens is 5. The Morgan fingerprint density at radius 3 is 2.68 bits per heavy atom. The molecular formula is C21H30N6O10. The van der Waals surface area contributed by atoms with Crippen molar-refractivity contribution in [3.63, 3.8) is 0 Å². The molecule has 0 aromatic carbocycles. The Bertz CT molecular complexity index is 1210. The van der Waals surface area contributed by atoms with Gasteiger partial charge in [0, 0.05) is 25.1 Å². The third-order valence-corrected chi connectivity index (χ3v) is 6.26. The van der Waals surface area contributed by atoms with Crippen LogP contribution in [0, 0.1) is 6.92 Å². The smallest absolute Gasteiger partial charge is 0.330 e. The molecule has 0 radical (unpaired) electrons. The number of aliphatic hydroxyl groups excluding tert-OH is 4. The van der Waals surface area contributed by atoms with E-state index in [1.165, 1.54) is 28.6 Å². The van der Waals surface area contributed by atoms with E-state index in [4.69, 9.17) is 14.2 Å². The maximum Gasteiger partial charge on any atom is 0.330 e. The number of H-pyrrole nitrogens is 1. The molecule has 6 N–H and O–H groups in total. The van der Waals surface area contributed by atoms with Crippen molar-refractivity contribution in [2.24, 2.45) is 0 Å². The zero-order valence-electron chi connectivity index (χ0n) is 20.1. The molecule has 2 aliphatic rings. The van der Waals surface area contributed by atoms with Crippen molar-refractivity contribution >= 4 is 5.91 Å². The van der Waals surface area contributed by atoms with E-state index in [0.29, 0.717) is 11.3 Å². The molecule has 8 atom stereocenters. The standard InChI is InChI=1S/C21H30N6O10/c1-9-4-27(21(34)23-19(9)33)15-3-12(30)13(36-15)6-26-5-11(24-25-26)8-35-20-16(22-10(2)29)18(32)17(31)14(7-28)37-20/h4-5,12-18,20,28,30-32H,3,6-8H2,1-2H3,(H,22,29)(H,23,33,34)/t12-,13+,14+,15+,16+,17+,18+,20+/m0/s1. The van der Waals surface area contributed by atoms with Crippen molar-refractivity contribution in [1.29, 1.82) is 0 Å². The average molecular weight is 527 g/mol. The van der Waals surface area contributed by atoms with Crippen LogP contribution in [0.2, 0.25) is 0 Å². The number of carbonyl (C=O) groups is 1. The second-order valence-electron chi connectivity index (χ2n) is 9.09. The molecule has 4 heterocycles. The zero-order valence-corrected chi connectivity index (χ0v) is 20.1. The van der Waals surface area contributed by atoms with Gasteiger partial charge in [0.05, 0.1) is 32.1 Å². The van der Waals surface area contributed by atoms with E-state index in [9.17, 15) is 34.8 Å². The van der Waals surface area contributed by atoms with Crippen LogP contribution in [0.5, 0.6) is 0 Å². The first-order valence-corrected chi connectivity index (χ1v) is 11.6. The maximum atomic E-state index is 12.1. The van der Waals surface area contributed by atoms with Crippen molar-refractivity contribution in [2.75, 3.05) is 6.61 Å². The minimum absolute atomic E-state index is 0.105. The Kier molecular flexibility index (Phi) is 8.17. The van der Waals surface area contributed by atoms with Crippen molar-refractivity contribution in [3.8, 4) is 0 Å². The van der Waals surface area contributed by atoms with E-state index in [-0.39, 0.29) is 19.6 Å². The monoisotopic (exact) mass is 526 g/mol. The van der Waals surface area contributed by atoms with E-state index in [1.54, 1.807) is 6.92 Å². The Hall–Kier alpha value is -2.99. The summed E-state index contributed by atoms with van der Waals surface area (Å²) in [4.78, 5) is 37.5. The van der Waals surface area contributed by atoms with Gasteiger partial charge in [-0.25, -0.2) is 9.48 Å². The number of amides is 1. The van der Waals surface area contributed by atoms with Crippen LogP contribution >= 0.6 is 0 Å². The quantitative estimate of drug-likeness (QED) is 0.195. The molecular weight excluding hydrogens is 496 g/mol. The molecule has 204 valence electrons. The van der Waals surface area contributed by atoms with Gasteiger partial charge in [0.1, 0.15) is 42.4 Å². The molecule has 16 nitrogen and oxygen atoms in total. The van der Waals surface area contributed by atoms with Gasteiger partial charge >= 0.3 is 5.69 Å². The van der Waals surface area contributed by atoms with E-state index in [0.717, 1.165) is 0 Å². The molecule has 2 saturated heterocycles. The lowest BCUT2D eigenvalue weighted by atomic mass is 9.97. The highest BCUT2D eigenvalue weighted by Crippen LogP contribution is 2.28. The van der Waals surface area contributed by atoms with Gasteiger partial charge in [0.15, 0.2) is 6.29 Å². The summed E-state index contributed by atoms with van der Waals surface area (Å²) in [6, 6.07) is -1.09. The molecule has 2 aliphatic heterocycles. The summed E-state index contributed by atoms with van der Waals surface area (Å²) < 4.78 is 19.6. The number of aliphatic hydroxyl groups is 4. The summed E-state index contributed by atoms with van der Waals surface area (Å²) in [6.45, 7) is 2.17. The Labute approximate surface area is 209 Å². The number of aryl methyl sites for hydroxylation is 1. The molecule has 4 rings (SSSR count). The minimum atomic E-state index is -1.44. The second kappa shape index (κ2) is 11.2. The van der Waals surface area contributed by atoms with Gasteiger partial charge in [-0.15, -0.1) is 5.10 Å². The number of rotatable bonds is 8. The molecule has 0 aliphatic carbocycles. The summed E-state index contributed by atoms with van der Waals surface area (Å²) in [5, 5.41) is 50.7. The van der Waals surface area contributed by atoms with Gasteiger partial charge in [0.2, 0.25) is 5.91 Å². The highest BCUT2D eigenvalue weighted by atomic mass is 16.7. The number of aromatic amines is 1. The number of hydrogen-bond donors (Lipinski definition) is 6. The lowest BCUT2D eigenvalue weighted by molar-refractivity contribution is -0.273. The van der Waals surface area contributed by atoms with E-state index < -0.39 is 72.8 Å². The predicted octanol–water partition coefficient (Wildman–Crippen LogP) is -3.75. The number of nitrogens with one attached hydrogen (secondary N) is 2. The lowest BCUT2D eigenvalue weighted by Crippen LogP contribution is -2.64. The molecule has 37 heavy (non-hydrogen) atoms. The molecule has 2 aromatic rings. The summed E-state index contributed by atoms with van der Waals surface area (Å²) in [5.41, 5.74) is -0.453. The van der Waals surface area contributed by atoms with Crippen LogP contribution in [0.15, 0.2) is 22.0 Å². The van der Waals surface area contributed by atoms with Crippen LogP contribution in [0.4, 0.5) is 0 Å². The van der Waals surface area contributed by atoms with E-state index in [1.807, 2.05) is 0 Å². The number of nitrogens with zero attached hydrogens (tertiary/aromatic N) is 4. The fourth-order valence-corrected chi connectivity index (χ4v) is 4.31. The van der Waals surface area contributed by atoms with Crippen molar-refractivity contribution in [3.05, 3.63) is 44.5 Å². The fourth-order valence-electron chi connectivity index (χ4n) is 4.31. The number of hydrogen-bond acceptors (Lipinski definition) is 12. The average Bonchev–Trinajstić information content (AvgIpc) is 3.45. The second-order valence-corrected chi connectivity index (χ2v) is 9.09. The highest BCUT2D eigenvalue weighted by molar-refractivity contribution is 5.73. The summed E-state index contributed by atoms with van der Waals surface area (Å²) in [6.07, 6.45) is -4.54. The summed E-state index contributed by atoms with van der Waals surface area (Å²) in [5.74, 6) is -0.477. The lowest BCUT2D eigenvalue weighted by Gasteiger charge is -2.42. The zero-order chi connectivity index (χ0) is 26.9. The first-order valence-electron chi connectivity index (χ1n) is 11.6. The van der Waals surface area contributed by atoms with Gasteiger partial charge in [-0.1, -0.05) is 5.21 Å². The third kappa shape index (κ3) is 5.96. The molecule has 0 unspecified atom stereocenters. The first-order chi connectivity index (χ1) is 17.6. The molecule has 2 fully saturated rings. The summed E-state index contributed by atoms with van der Waals surface area (Å²) in [7, 11) is 0. The van der Waals surface area contributed by atoms with E-state index >= 15 is 0 Å². The van der Waals surface area contributed by atoms with Crippen molar-refractivity contribution in [1.82, 2.24) is 29.9 Å². The van der Waals surface area contributed by atoms with Crippen LogP contribution in [0.25, 0.3) is 0 Å². The number of carbonyl (C=O) groups excluding carboxylic acids is 1. The summed E-state index contributed by atoms with van der Waals surface area (Å²) >= 11 is 0. The topological polar surface area (TPSA) is 223 Å². The highest BCUT2D eigenvalue weighted by Gasteiger charge is 2.45. The van der Waals surface area contributed by atoms with Crippen molar-refractivity contribution < 1.29 is 39.4 Å². The normalized spacial score (nSPS) is 31.9. The maximum absolute atomic E-state index is 12.1. The largest absolute Gasteiger partial charge is 0.394 e. The Morgan fingerprint density at radius 1 is 1.22 bits per heavy atom. The van der Waals surface area contributed by atoms with Crippen LogP contribution in [-0.4, -0.2) is 100 Å². The fraction of sp³-hybridized carbons (Fsp3) is 0.667. The van der Waals surface area contributed by atoms with Crippen LogP contribution in [0.3, 0.4) is 0 Å². The predicted molar refractivity (Wildman–Crippen MR) is 121 cm³/mol. The van der Waals surface area contributed by atoms with Gasteiger partial charge in [-0.05, 0) is 6.92 Å². The Balaban J connectivity index is 1.37. The van der Waals surface area contributed by atoms with Gasteiger partial charge in [-0.3, -0.25) is 19.1 Å². The minimum Gasteiger partial charge on any atom is -0.394 e. The van der Waals surface area contributed by atoms with Crippen LogP contribution < -0.4 is 16.6 Å². The van der Waals surface area contributed by atoms with Gasteiger partial charge < -0.3 is 40.0 Å². The van der Waals surface area contributed by atoms with E-state index in [2.05, 4.69) is 20.6 Å². The SMILES string of the molecule is CC(=O)N[C@H]1[C@H](OCc2cn(C[C@H]3O[C@@H](n4cc(C)c(=O)[nH]c4=O)C[C@@H]3O)nn2)O[C@H](CO)[C@@H](O)[C@@H]1O. The molecule has 0 bridgehead atoms. The number of ether oxygens (including phenoxy) is 3. The molecule has 0 spiro atoms. The van der Waals surface area contributed by atoms with Gasteiger partial charge in [-0.2, -0.15) is 0 Å². The first kappa shape index (κ1) is 27.1. The van der Waals surface area contributed by atoms with Crippen LogP contribution in [0.1, 0.15) is 30.8 Å². The molecule has 2 aromatic heterocycles.